The molecule has 2 fully saturated rings. The molecule has 5 atom stereocenters. The lowest BCUT2D eigenvalue weighted by Gasteiger charge is -2.34. The molecule has 0 saturated carbocycles. The number of aliphatic imine (C=N–C) groups is 1. The molecule has 3 heterocycles. The van der Waals surface area contributed by atoms with E-state index in [-0.39, 0.29) is 12.4 Å². The number of amidine groups is 1. The number of nitrogens with one attached hydrogen (secondary N) is 1. The third-order valence-corrected chi connectivity index (χ3v) is 4.13. The van der Waals surface area contributed by atoms with Gasteiger partial charge >= 0.3 is 6.09 Å². The predicted molar refractivity (Wildman–Crippen MR) is 87.3 cm³/mol. The lowest BCUT2D eigenvalue weighted by Crippen LogP contribution is -2.48. The molecule has 0 aromatic rings. The second kappa shape index (κ2) is 7.00. The van der Waals surface area contributed by atoms with Crippen LogP contribution in [0.5, 0.6) is 0 Å². The van der Waals surface area contributed by atoms with Crippen LogP contribution in [-0.4, -0.2) is 89.3 Å². The van der Waals surface area contributed by atoms with Crippen LogP contribution < -0.4 is 5.48 Å². The fourth-order valence-corrected chi connectivity index (χ4v) is 2.98. The van der Waals surface area contributed by atoms with Crippen LogP contribution in [0, 0.1) is 0 Å². The van der Waals surface area contributed by atoms with Gasteiger partial charge in [0.2, 0.25) is 6.35 Å². The SMILES string of the molecule is CN(C)C(=O)ONC1=NC(O)N([C@@H]2O[C@H](CO)[C@H]3OC(C)(C)O[C@H]32)C=C1. The Bertz CT molecular complexity index is 609. The van der Waals surface area contributed by atoms with E-state index in [1.165, 1.54) is 30.0 Å². The van der Waals surface area contributed by atoms with E-state index in [9.17, 15) is 15.0 Å². The number of nitrogens with zero attached hydrogens (tertiary/aromatic N) is 3. The van der Waals surface area contributed by atoms with Crippen molar-refractivity contribution in [2.24, 2.45) is 4.99 Å². The minimum Gasteiger partial charge on any atom is -0.394 e. The summed E-state index contributed by atoms with van der Waals surface area (Å²) >= 11 is 0. The van der Waals surface area contributed by atoms with Crippen LogP contribution in [0.4, 0.5) is 4.79 Å². The van der Waals surface area contributed by atoms with Gasteiger partial charge in [-0.15, -0.1) is 0 Å². The molecule has 1 unspecified atom stereocenters. The number of hydrogen-bond acceptors (Lipinski definition) is 10. The molecule has 11 nitrogen and oxygen atoms in total. The first-order chi connectivity index (χ1) is 12.2. The van der Waals surface area contributed by atoms with Gasteiger partial charge in [-0.2, -0.15) is 5.48 Å². The minimum absolute atomic E-state index is 0.168. The Morgan fingerprint density at radius 1 is 1.42 bits per heavy atom. The topological polar surface area (TPSA) is 125 Å². The Kier molecular flexibility index (Phi) is 5.08. The minimum atomic E-state index is -1.30. The Morgan fingerprint density at radius 2 is 2.12 bits per heavy atom. The molecule has 3 aliphatic heterocycles. The van der Waals surface area contributed by atoms with Gasteiger partial charge < -0.3 is 39.1 Å². The standard InChI is InChI=1S/C15H24N4O7/c1-15(2)24-10-8(7-20)23-12(11(10)25-15)19-6-5-9(16-13(19)21)17-26-14(22)18(3)4/h5-6,8,10-13,20-21H,7H2,1-4H3,(H,16,17)/t8-,10-,11-,12-,13?/m1/s1. The van der Waals surface area contributed by atoms with Crippen LogP contribution in [-0.2, 0) is 19.0 Å². The number of aliphatic hydroxyl groups excluding tert-OH is 2. The molecule has 3 N–H and O–H groups in total. The van der Waals surface area contributed by atoms with E-state index in [0.717, 1.165) is 0 Å². The number of carbonyl (C=O) groups excluding carboxylic acids is 1. The number of hydroxylamine groups is 1. The summed E-state index contributed by atoms with van der Waals surface area (Å²) in [5.74, 6) is -0.646. The zero-order valence-electron chi connectivity index (χ0n) is 15.0. The molecule has 11 heteroatoms. The van der Waals surface area contributed by atoms with Gasteiger partial charge in [0.1, 0.15) is 18.3 Å². The monoisotopic (exact) mass is 372 g/mol. The van der Waals surface area contributed by atoms with Crippen molar-refractivity contribution in [1.82, 2.24) is 15.3 Å². The highest BCUT2D eigenvalue weighted by molar-refractivity contribution is 5.93. The zero-order valence-corrected chi connectivity index (χ0v) is 15.0. The fraction of sp³-hybridized carbons (Fsp3) is 0.733. The number of carbonyl (C=O) groups is 1. The summed E-state index contributed by atoms with van der Waals surface area (Å²) in [6.07, 6.45) is -1.07. The van der Waals surface area contributed by atoms with E-state index in [1.54, 1.807) is 20.0 Å². The van der Waals surface area contributed by atoms with Crippen molar-refractivity contribution < 1.29 is 34.1 Å². The third kappa shape index (κ3) is 3.62. The van der Waals surface area contributed by atoms with Crippen molar-refractivity contribution in [3.8, 4) is 0 Å². The largest absolute Gasteiger partial charge is 0.433 e. The Labute approximate surface area is 150 Å². The fourth-order valence-electron chi connectivity index (χ4n) is 2.98. The molecule has 0 aliphatic carbocycles. The van der Waals surface area contributed by atoms with Gasteiger partial charge in [0, 0.05) is 20.3 Å². The number of amides is 1. The summed E-state index contributed by atoms with van der Waals surface area (Å²) in [6.45, 7) is 3.32. The molecule has 1 amide bonds. The zero-order chi connectivity index (χ0) is 19.1. The normalized spacial score (nSPS) is 35.1. The van der Waals surface area contributed by atoms with Crippen molar-refractivity contribution in [1.29, 1.82) is 0 Å². The molecule has 3 rings (SSSR count). The van der Waals surface area contributed by atoms with Crippen molar-refractivity contribution in [2.45, 2.75) is 50.5 Å². The summed E-state index contributed by atoms with van der Waals surface area (Å²) in [6, 6.07) is 0. The highest BCUT2D eigenvalue weighted by Gasteiger charge is 2.57. The molecule has 26 heavy (non-hydrogen) atoms. The van der Waals surface area contributed by atoms with Gasteiger partial charge in [0.25, 0.3) is 0 Å². The Morgan fingerprint density at radius 3 is 2.73 bits per heavy atom. The van der Waals surface area contributed by atoms with E-state index in [4.69, 9.17) is 19.0 Å². The first-order valence-electron chi connectivity index (χ1n) is 8.19. The average molecular weight is 372 g/mol. The summed E-state index contributed by atoms with van der Waals surface area (Å²) in [4.78, 5) is 22.9. The van der Waals surface area contributed by atoms with Gasteiger partial charge in [-0.1, -0.05) is 0 Å². The molecule has 3 aliphatic rings. The number of hydrogen-bond donors (Lipinski definition) is 3. The molecular weight excluding hydrogens is 348 g/mol. The number of aliphatic hydroxyl groups is 2. The summed E-state index contributed by atoms with van der Waals surface area (Å²) in [5.41, 5.74) is 2.37. The predicted octanol–water partition coefficient (Wildman–Crippen LogP) is -1.07. The quantitative estimate of drug-likeness (QED) is 0.520. The molecule has 0 radical (unpaired) electrons. The maximum atomic E-state index is 11.4. The van der Waals surface area contributed by atoms with Crippen molar-refractivity contribution >= 4 is 11.9 Å². The van der Waals surface area contributed by atoms with Crippen LogP contribution in [0.25, 0.3) is 0 Å². The highest BCUT2D eigenvalue weighted by Crippen LogP contribution is 2.40. The van der Waals surface area contributed by atoms with Gasteiger partial charge in [-0.05, 0) is 19.9 Å². The second-order valence-corrected chi connectivity index (χ2v) is 6.80. The molecule has 0 spiro atoms. The van der Waals surface area contributed by atoms with E-state index >= 15 is 0 Å². The first-order valence-corrected chi connectivity index (χ1v) is 8.19. The summed E-state index contributed by atoms with van der Waals surface area (Å²) in [7, 11) is 3.07. The van der Waals surface area contributed by atoms with E-state index in [1.807, 2.05) is 0 Å². The van der Waals surface area contributed by atoms with Crippen LogP contribution >= 0.6 is 0 Å². The molecule has 0 bridgehead atoms. The van der Waals surface area contributed by atoms with E-state index in [2.05, 4.69) is 10.5 Å². The molecule has 2 saturated heterocycles. The van der Waals surface area contributed by atoms with Crippen LogP contribution in [0.1, 0.15) is 13.8 Å². The van der Waals surface area contributed by atoms with Crippen molar-refractivity contribution in [3.63, 3.8) is 0 Å². The summed E-state index contributed by atoms with van der Waals surface area (Å²) < 4.78 is 17.4. The molecule has 146 valence electrons. The summed E-state index contributed by atoms with van der Waals surface area (Å²) in [5, 5.41) is 19.9. The van der Waals surface area contributed by atoms with Crippen LogP contribution in [0.2, 0.25) is 0 Å². The average Bonchev–Trinajstić information content (AvgIpc) is 3.05. The third-order valence-electron chi connectivity index (χ3n) is 4.13. The Balaban J connectivity index is 1.66. The van der Waals surface area contributed by atoms with Gasteiger partial charge in [-0.3, -0.25) is 0 Å². The molecular formula is C15H24N4O7. The maximum absolute atomic E-state index is 11.4. The number of rotatable bonds is 2. The first kappa shape index (κ1) is 18.9. The van der Waals surface area contributed by atoms with Crippen LogP contribution in [0.3, 0.4) is 0 Å². The maximum Gasteiger partial charge on any atom is 0.433 e. The molecule has 0 aromatic heterocycles. The van der Waals surface area contributed by atoms with E-state index < -0.39 is 42.8 Å². The van der Waals surface area contributed by atoms with Crippen LogP contribution in [0.15, 0.2) is 17.3 Å². The van der Waals surface area contributed by atoms with Gasteiger partial charge in [0.05, 0.1) is 6.61 Å². The lowest BCUT2D eigenvalue weighted by atomic mass is 10.1. The van der Waals surface area contributed by atoms with E-state index in [0.29, 0.717) is 0 Å². The Hall–Kier alpha value is -1.92. The van der Waals surface area contributed by atoms with Gasteiger partial charge in [-0.25, -0.2) is 9.79 Å². The van der Waals surface area contributed by atoms with Crippen molar-refractivity contribution in [3.05, 3.63) is 12.3 Å². The highest BCUT2D eigenvalue weighted by atomic mass is 16.8. The number of ether oxygens (including phenoxy) is 3. The molecule has 0 aromatic carbocycles. The lowest BCUT2D eigenvalue weighted by molar-refractivity contribution is -0.215. The number of fused-ring (bicyclic) bond motifs is 1. The van der Waals surface area contributed by atoms with Gasteiger partial charge in [0.15, 0.2) is 17.9 Å². The van der Waals surface area contributed by atoms with Crippen molar-refractivity contribution in [2.75, 3.05) is 20.7 Å². The second-order valence-electron chi connectivity index (χ2n) is 6.80. The smallest absolute Gasteiger partial charge is 0.394 e.